The van der Waals surface area contributed by atoms with E-state index < -0.39 is 0 Å². The summed E-state index contributed by atoms with van der Waals surface area (Å²) in [4.78, 5) is 8.12. The van der Waals surface area contributed by atoms with Crippen molar-refractivity contribution < 1.29 is 9.47 Å². The van der Waals surface area contributed by atoms with E-state index in [0.717, 1.165) is 20.8 Å². The summed E-state index contributed by atoms with van der Waals surface area (Å²) >= 11 is 2.17. The van der Waals surface area contributed by atoms with Gasteiger partial charge in [0.15, 0.2) is 0 Å². The summed E-state index contributed by atoms with van der Waals surface area (Å²) in [5.41, 5.74) is 0.829. The van der Waals surface area contributed by atoms with E-state index in [0.29, 0.717) is 5.75 Å². The largest absolute Gasteiger partial charge is 0.497 e. The molecule has 0 saturated carbocycles. The van der Waals surface area contributed by atoms with Gasteiger partial charge in [0.25, 0.3) is 0 Å². The summed E-state index contributed by atoms with van der Waals surface area (Å²) in [6.45, 7) is 0. The first-order valence-electron chi connectivity index (χ1n) is 5.19. The molecule has 0 radical (unpaired) electrons. The Morgan fingerprint density at radius 3 is 2.72 bits per heavy atom. The highest BCUT2D eigenvalue weighted by molar-refractivity contribution is 14.1. The van der Waals surface area contributed by atoms with Gasteiger partial charge < -0.3 is 14.8 Å². The number of nitrogens with one attached hydrogen (secondary N) is 1. The number of methoxy groups -OCH3 is 2. The molecule has 1 N–H and O–H groups in total. The third kappa shape index (κ3) is 2.81. The van der Waals surface area contributed by atoms with Gasteiger partial charge >= 0.3 is 0 Å². The van der Waals surface area contributed by atoms with Gasteiger partial charge in [0.1, 0.15) is 23.6 Å². The van der Waals surface area contributed by atoms with Crippen molar-refractivity contribution in [1.29, 1.82) is 0 Å². The normalized spacial score (nSPS) is 9.94. The van der Waals surface area contributed by atoms with Crippen LogP contribution in [0.1, 0.15) is 0 Å². The molecule has 1 aromatic carbocycles. The number of aromatic nitrogens is 2. The lowest BCUT2D eigenvalue weighted by atomic mass is 10.2. The molecule has 0 aliphatic carbocycles. The molecule has 2 rings (SSSR count). The van der Waals surface area contributed by atoms with E-state index >= 15 is 0 Å². The summed E-state index contributed by atoms with van der Waals surface area (Å²) < 4.78 is 11.4. The molecule has 0 atom stereocenters. The van der Waals surface area contributed by atoms with Crippen LogP contribution in [-0.4, -0.2) is 24.2 Å². The van der Waals surface area contributed by atoms with E-state index in [9.17, 15) is 0 Å². The van der Waals surface area contributed by atoms with Gasteiger partial charge in [-0.05, 0) is 34.7 Å². The van der Waals surface area contributed by atoms with Gasteiger partial charge in [-0.2, -0.15) is 0 Å². The molecule has 0 unspecified atom stereocenters. The van der Waals surface area contributed by atoms with Crippen LogP contribution in [0.4, 0.5) is 11.5 Å². The summed E-state index contributed by atoms with van der Waals surface area (Å²) in [5.74, 6) is 2.19. The molecule has 1 heterocycles. The van der Waals surface area contributed by atoms with Crippen molar-refractivity contribution >= 4 is 34.1 Å². The summed E-state index contributed by atoms with van der Waals surface area (Å²) in [6.07, 6.45) is 3.24. The Hall–Kier alpha value is -1.57. The molecule has 2 aromatic rings. The topological polar surface area (TPSA) is 56.3 Å². The van der Waals surface area contributed by atoms with Crippen LogP contribution in [0.25, 0.3) is 0 Å². The molecular formula is C12H12IN3O2. The molecule has 1 aromatic heterocycles. The second-order valence-corrected chi connectivity index (χ2v) is 4.57. The van der Waals surface area contributed by atoms with Crippen molar-refractivity contribution in [3.63, 3.8) is 0 Å². The maximum Gasteiger partial charge on any atom is 0.147 e. The highest BCUT2D eigenvalue weighted by atomic mass is 127. The number of halogens is 1. The SMILES string of the molecule is COc1ccc(Nc2ncncc2I)c(OC)c1. The first kappa shape index (κ1) is 12.9. The fourth-order valence-corrected chi connectivity index (χ4v) is 1.87. The summed E-state index contributed by atoms with van der Waals surface area (Å²) in [6, 6.07) is 5.56. The molecule has 18 heavy (non-hydrogen) atoms. The molecule has 0 fully saturated rings. The van der Waals surface area contributed by atoms with E-state index in [4.69, 9.17) is 9.47 Å². The van der Waals surface area contributed by atoms with Gasteiger partial charge in [-0.15, -0.1) is 0 Å². The Labute approximate surface area is 119 Å². The van der Waals surface area contributed by atoms with Crippen LogP contribution in [0, 0.1) is 3.57 Å². The van der Waals surface area contributed by atoms with Gasteiger partial charge in [-0.3, -0.25) is 0 Å². The van der Waals surface area contributed by atoms with Crippen LogP contribution in [0.3, 0.4) is 0 Å². The number of nitrogens with zero attached hydrogens (tertiary/aromatic N) is 2. The van der Waals surface area contributed by atoms with Crippen molar-refractivity contribution in [2.75, 3.05) is 19.5 Å². The lowest BCUT2D eigenvalue weighted by Gasteiger charge is -2.12. The van der Waals surface area contributed by atoms with Crippen LogP contribution in [-0.2, 0) is 0 Å². The number of anilines is 2. The van der Waals surface area contributed by atoms with Gasteiger partial charge in [0.2, 0.25) is 0 Å². The number of hydrogen-bond donors (Lipinski definition) is 1. The third-order valence-electron chi connectivity index (χ3n) is 2.33. The minimum absolute atomic E-state index is 0.698. The van der Waals surface area contributed by atoms with Crippen molar-refractivity contribution in [1.82, 2.24) is 9.97 Å². The predicted molar refractivity (Wildman–Crippen MR) is 77.6 cm³/mol. The summed E-state index contributed by atoms with van der Waals surface area (Å²) in [7, 11) is 3.24. The quantitative estimate of drug-likeness (QED) is 0.853. The minimum atomic E-state index is 0.698. The van der Waals surface area contributed by atoms with Crippen molar-refractivity contribution in [2.45, 2.75) is 0 Å². The average Bonchev–Trinajstić information content (AvgIpc) is 2.41. The van der Waals surface area contributed by atoms with Crippen molar-refractivity contribution in [3.8, 4) is 11.5 Å². The highest BCUT2D eigenvalue weighted by Crippen LogP contribution is 2.31. The first-order valence-corrected chi connectivity index (χ1v) is 6.27. The highest BCUT2D eigenvalue weighted by Gasteiger charge is 2.07. The molecule has 0 spiro atoms. The fraction of sp³-hybridized carbons (Fsp3) is 0.167. The van der Waals surface area contributed by atoms with Crippen LogP contribution in [0.15, 0.2) is 30.7 Å². The Morgan fingerprint density at radius 1 is 1.22 bits per heavy atom. The molecule has 0 bridgehead atoms. The Kier molecular flexibility index (Phi) is 4.19. The maximum atomic E-state index is 5.31. The van der Waals surface area contributed by atoms with Crippen LogP contribution >= 0.6 is 22.6 Å². The average molecular weight is 357 g/mol. The fourth-order valence-electron chi connectivity index (χ4n) is 1.43. The third-order valence-corrected chi connectivity index (χ3v) is 3.12. The van der Waals surface area contributed by atoms with E-state index in [2.05, 4.69) is 37.9 Å². The maximum absolute atomic E-state index is 5.31. The van der Waals surface area contributed by atoms with Crippen molar-refractivity contribution in [3.05, 3.63) is 34.3 Å². The lowest BCUT2D eigenvalue weighted by Crippen LogP contribution is -1.99. The molecular weight excluding hydrogens is 345 g/mol. The Bertz CT molecular complexity index is 549. The van der Waals surface area contributed by atoms with E-state index in [1.807, 2.05) is 18.2 Å². The van der Waals surface area contributed by atoms with Gasteiger partial charge in [-0.25, -0.2) is 9.97 Å². The van der Waals surface area contributed by atoms with E-state index in [1.165, 1.54) is 6.33 Å². The second-order valence-electron chi connectivity index (χ2n) is 3.41. The summed E-state index contributed by atoms with van der Waals surface area (Å²) in [5, 5.41) is 3.20. The van der Waals surface area contributed by atoms with Crippen LogP contribution in [0.2, 0.25) is 0 Å². The number of rotatable bonds is 4. The molecule has 94 valence electrons. The van der Waals surface area contributed by atoms with Crippen molar-refractivity contribution in [2.24, 2.45) is 0 Å². The zero-order chi connectivity index (χ0) is 13.0. The molecule has 0 aliphatic rings. The van der Waals surface area contributed by atoms with E-state index in [-0.39, 0.29) is 0 Å². The second kappa shape index (κ2) is 5.85. The zero-order valence-corrected chi connectivity index (χ0v) is 12.1. The number of benzene rings is 1. The van der Waals surface area contributed by atoms with Gasteiger partial charge in [0, 0.05) is 12.3 Å². The molecule has 0 saturated heterocycles. The number of hydrogen-bond acceptors (Lipinski definition) is 5. The predicted octanol–water partition coefficient (Wildman–Crippen LogP) is 2.84. The monoisotopic (exact) mass is 357 g/mol. The Balaban J connectivity index is 2.32. The van der Waals surface area contributed by atoms with Crippen LogP contribution in [0.5, 0.6) is 11.5 Å². The molecule has 5 nitrogen and oxygen atoms in total. The Morgan fingerprint density at radius 2 is 2.06 bits per heavy atom. The van der Waals surface area contributed by atoms with Gasteiger partial charge in [-0.1, -0.05) is 0 Å². The molecule has 0 aliphatic heterocycles. The van der Waals surface area contributed by atoms with Gasteiger partial charge in [0.05, 0.1) is 23.5 Å². The van der Waals surface area contributed by atoms with Crippen LogP contribution < -0.4 is 14.8 Å². The minimum Gasteiger partial charge on any atom is -0.497 e. The number of ether oxygens (including phenoxy) is 2. The zero-order valence-electron chi connectivity index (χ0n) is 9.98. The first-order chi connectivity index (χ1) is 8.74. The molecule has 6 heteroatoms. The smallest absolute Gasteiger partial charge is 0.147 e. The van der Waals surface area contributed by atoms with E-state index in [1.54, 1.807) is 20.4 Å². The lowest BCUT2D eigenvalue weighted by molar-refractivity contribution is 0.395. The standard InChI is InChI=1S/C12H12IN3O2/c1-17-8-3-4-10(11(5-8)18-2)16-12-9(13)6-14-7-15-12/h3-7H,1-2H3,(H,14,15,16). The molecule has 0 amide bonds.